The first-order valence-corrected chi connectivity index (χ1v) is 10.4. The standard InChI is InChI=1S/C20H40.CH2O2.CH4/c1-3-5-7-9-11-13-16-20-18-14-17-19(20)15-12-10-8-6-4-2;2-1-3;/h19-20H,3-18H2,1-2H3;1H,(H,2,3);1H4. The minimum atomic E-state index is -0.250. The van der Waals surface area contributed by atoms with Crippen molar-refractivity contribution in [3.05, 3.63) is 0 Å². The Hall–Kier alpha value is -0.530. The van der Waals surface area contributed by atoms with E-state index < -0.39 is 0 Å². The van der Waals surface area contributed by atoms with Crippen LogP contribution >= 0.6 is 0 Å². The van der Waals surface area contributed by atoms with Crippen molar-refractivity contribution in [2.45, 2.75) is 124 Å². The molecule has 1 N–H and O–H groups in total. The molecule has 0 heterocycles. The Bertz CT molecular complexity index is 240. The third-order valence-electron chi connectivity index (χ3n) is 5.42. The highest BCUT2D eigenvalue weighted by Crippen LogP contribution is 2.38. The van der Waals surface area contributed by atoms with E-state index in [0.29, 0.717) is 0 Å². The lowest BCUT2D eigenvalue weighted by Gasteiger charge is -2.19. The Balaban J connectivity index is 0. The number of hydrogen-bond acceptors (Lipinski definition) is 1. The van der Waals surface area contributed by atoms with Gasteiger partial charge in [0.1, 0.15) is 0 Å². The first-order valence-electron chi connectivity index (χ1n) is 10.4. The van der Waals surface area contributed by atoms with Gasteiger partial charge in [-0.3, -0.25) is 4.79 Å². The molecule has 0 aromatic rings. The molecule has 0 aliphatic heterocycles. The van der Waals surface area contributed by atoms with Crippen molar-refractivity contribution < 1.29 is 9.90 Å². The Kier molecular flexibility index (Phi) is 22.0. The molecule has 1 saturated carbocycles. The summed E-state index contributed by atoms with van der Waals surface area (Å²) >= 11 is 0. The molecule has 1 rings (SSSR count). The normalized spacial score (nSPS) is 19.2. The maximum Gasteiger partial charge on any atom is 0.290 e. The number of hydrogen-bond donors (Lipinski definition) is 1. The first kappa shape index (κ1) is 25.7. The van der Waals surface area contributed by atoms with E-state index in [4.69, 9.17) is 9.90 Å². The van der Waals surface area contributed by atoms with E-state index >= 15 is 0 Å². The lowest BCUT2D eigenvalue weighted by Crippen LogP contribution is -2.08. The van der Waals surface area contributed by atoms with E-state index in [0.717, 1.165) is 11.8 Å². The van der Waals surface area contributed by atoms with E-state index in [1.54, 1.807) is 25.7 Å². The lowest BCUT2D eigenvalue weighted by molar-refractivity contribution is -0.122. The van der Waals surface area contributed by atoms with Crippen LogP contribution < -0.4 is 0 Å². The molecule has 1 aliphatic rings. The summed E-state index contributed by atoms with van der Waals surface area (Å²) in [7, 11) is 0. The largest absolute Gasteiger partial charge is 0.483 e. The summed E-state index contributed by atoms with van der Waals surface area (Å²) in [6.45, 7) is 4.37. The highest BCUT2D eigenvalue weighted by atomic mass is 16.3. The highest BCUT2D eigenvalue weighted by Gasteiger charge is 2.25. The molecule has 146 valence electrons. The van der Waals surface area contributed by atoms with E-state index in [2.05, 4.69) is 13.8 Å². The van der Waals surface area contributed by atoms with Crippen LogP contribution in [0.15, 0.2) is 0 Å². The molecule has 2 unspecified atom stereocenters. The van der Waals surface area contributed by atoms with Crippen LogP contribution in [0.25, 0.3) is 0 Å². The molecule has 1 aliphatic carbocycles. The van der Waals surface area contributed by atoms with Gasteiger partial charge in [0.25, 0.3) is 6.47 Å². The van der Waals surface area contributed by atoms with Crippen molar-refractivity contribution in [1.29, 1.82) is 0 Å². The molecule has 0 aromatic heterocycles. The lowest BCUT2D eigenvalue weighted by atomic mass is 9.86. The van der Waals surface area contributed by atoms with Crippen LogP contribution in [0.3, 0.4) is 0 Å². The van der Waals surface area contributed by atoms with E-state index in [-0.39, 0.29) is 13.9 Å². The number of unbranched alkanes of at least 4 members (excludes halogenated alkanes) is 9. The van der Waals surface area contributed by atoms with Crippen molar-refractivity contribution in [1.82, 2.24) is 0 Å². The zero-order chi connectivity index (χ0) is 17.2. The fourth-order valence-electron chi connectivity index (χ4n) is 4.07. The molecule has 2 atom stereocenters. The smallest absolute Gasteiger partial charge is 0.290 e. The molecule has 1 fully saturated rings. The van der Waals surface area contributed by atoms with Gasteiger partial charge in [-0.2, -0.15) is 0 Å². The van der Waals surface area contributed by atoms with Crippen LogP contribution in [-0.2, 0) is 4.79 Å². The van der Waals surface area contributed by atoms with Gasteiger partial charge < -0.3 is 5.11 Å². The summed E-state index contributed by atoms with van der Waals surface area (Å²) in [5.41, 5.74) is 0. The van der Waals surface area contributed by atoms with Gasteiger partial charge in [0.05, 0.1) is 0 Å². The van der Waals surface area contributed by atoms with Crippen LogP contribution in [0.4, 0.5) is 0 Å². The number of carbonyl (C=O) groups is 1. The molecule has 0 amide bonds. The van der Waals surface area contributed by atoms with Gasteiger partial charge in [-0.1, -0.05) is 124 Å². The van der Waals surface area contributed by atoms with Crippen molar-refractivity contribution in [2.75, 3.05) is 0 Å². The Morgan fingerprint density at radius 2 is 1.08 bits per heavy atom. The first-order chi connectivity index (χ1) is 11.3. The summed E-state index contributed by atoms with van der Waals surface area (Å²) in [4.78, 5) is 8.36. The zero-order valence-electron chi connectivity index (χ0n) is 15.9. The summed E-state index contributed by atoms with van der Waals surface area (Å²) in [5, 5.41) is 6.89. The van der Waals surface area contributed by atoms with Crippen LogP contribution in [-0.4, -0.2) is 11.6 Å². The molecule has 0 radical (unpaired) electrons. The van der Waals surface area contributed by atoms with Crippen LogP contribution in [0.2, 0.25) is 0 Å². The molecular weight excluding hydrogens is 296 g/mol. The number of carboxylic acid groups (broad SMARTS) is 1. The monoisotopic (exact) mass is 342 g/mol. The molecule has 0 bridgehead atoms. The van der Waals surface area contributed by atoms with E-state index in [9.17, 15) is 0 Å². The molecule has 2 heteroatoms. The summed E-state index contributed by atoms with van der Waals surface area (Å²) < 4.78 is 0. The molecule has 0 aromatic carbocycles. The SMILES string of the molecule is C.CCCCCCCCC1CCCC1CCCCCCC.O=CO. The summed E-state index contributed by atoms with van der Waals surface area (Å²) in [5.74, 6) is 2.21. The van der Waals surface area contributed by atoms with Crippen molar-refractivity contribution in [3.8, 4) is 0 Å². The van der Waals surface area contributed by atoms with Gasteiger partial charge in [0.15, 0.2) is 0 Å². The van der Waals surface area contributed by atoms with Gasteiger partial charge in [-0.05, 0) is 11.8 Å². The van der Waals surface area contributed by atoms with Crippen LogP contribution in [0.5, 0.6) is 0 Å². The van der Waals surface area contributed by atoms with Crippen LogP contribution in [0.1, 0.15) is 124 Å². The molecule has 24 heavy (non-hydrogen) atoms. The molecular formula is C22H46O2. The second kappa shape index (κ2) is 20.5. The Labute approximate surface area is 152 Å². The quantitative estimate of drug-likeness (QED) is 0.273. The predicted molar refractivity (Wildman–Crippen MR) is 108 cm³/mol. The third kappa shape index (κ3) is 15.0. The van der Waals surface area contributed by atoms with Gasteiger partial charge in [0, 0.05) is 0 Å². The van der Waals surface area contributed by atoms with Gasteiger partial charge in [0.2, 0.25) is 0 Å². The van der Waals surface area contributed by atoms with Crippen LogP contribution in [0, 0.1) is 11.8 Å². The Morgan fingerprint density at radius 1 is 0.750 bits per heavy atom. The highest BCUT2D eigenvalue weighted by molar-refractivity contribution is 5.32. The summed E-state index contributed by atoms with van der Waals surface area (Å²) in [6.07, 6.45) is 23.8. The summed E-state index contributed by atoms with van der Waals surface area (Å²) in [6, 6.07) is 0. The topological polar surface area (TPSA) is 37.3 Å². The number of rotatable bonds is 13. The van der Waals surface area contributed by atoms with Gasteiger partial charge >= 0.3 is 0 Å². The molecule has 0 saturated heterocycles. The average Bonchev–Trinajstić information content (AvgIpc) is 2.99. The Morgan fingerprint density at radius 3 is 1.46 bits per heavy atom. The molecule has 2 nitrogen and oxygen atoms in total. The average molecular weight is 343 g/mol. The minimum Gasteiger partial charge on any atom is -0.483 e. The van der Waals surface area contributed by atoms with E-state index in [1.165, 1.54) is 77.0 Å². The zero-order valence-corrected chi connectivity index (χ0v) is 15.9. The third-order valence-corrected chi connectivity index (χ3v) is 5.42. The fourth-order valence-corrected chi connectivity index (χ4v) is 4.07. The van der Waals surface area contributed by atoms with Crippen molar-refractivity contribution >= 4 is 6.47 Å². The predicted octanol–water partition coefficient (Wildman–Crippen LogP) is 7.85. The second-order valence-electron chi connectivity index (χ2n) is 7.32. The van der Waals surface area contributed by atoms with E-state index in [1.807, 2.05) is 0 Å². The van der Waals surface area contributed by atoms with Crippen molar-refractivity contribution in [2.24, 2.45) is 11.8 Å². The van der Waals surface area contributed by atoms with Gasteiger partial charge in [-0.15, -0.1) is 0 Å². The van der Waals surface area contributed by atoms with Gasteiger partial charge in [-0.25, -0.2) is 0 Å². The minimum absolute atomic E-state index is 0. The van der Waals surface area contributed by atoms with Crippen molar-refractivity contribution in [3.63, 3.8) is 0 Å². The second-order valence-corrected chi connectivity index (χ2v) is 7.32. The maximum atomic E-state index is 8.36. The molecule has 0 spiro atoms. The maximum absolute atomic E-state index is 8.36. The fraction of sp³-hybridized carbons (Fsp3) is 0.955.